The molecule has 0 saturated carbocycles. The van der Waals surface area contributed by atoms with E-state index < -0.39 is 0 Å². The van der Waals surface area contributed by atoms with Crippen molar-refractivity contribution in [1.29, 1.82) is 0 Å². The van der Waals surface area contributed by atoms with Crippen LogP contribution >= 0.6 is 0 Å². The van der Waals surface area contributed by atoms with E-state index in [1.807, 2.05) is 6.92 Å². The zero-order valence-corrected chi connectivity index (χ0v) is 9.63. The molecule has 0 spiro atoms. The summed E-state index contributed by atoms with van der Waals surface area (Å²) in [4.78, 5) is 10.0. The molecule has 0 aliphatic carbocycles. The Morgan fingerprint density at radius 3 is 1.71 bits per heavy atom. The number of hydrogen-bond acceptors (Lipinski definition) is 1. The number of carbonyl (C=O) groups is 1. The van der Waals surface area contributed by atoms with E-state index in [4.69, 9.17) is 0 Å². The highest BCUT2D eigenvalue weighted by Crippen LogP contribution is 2.02. The average molecular weight is 192 g/mol. The van der Waals surface area contributed by atoms with Gasteiger partial charge in [0.15, 0.2) is 0 Å². The highest BCUT2D eigenvalue weighted by molar-refractivity contribution is 5.75. The molecule has 0 aliphatic heterocycles. The fraction of sp³-hybridized carbons (Fsp3) is 0.462. The lowest BCUT2D eigenvalue weighted by Gasteiger charge is -1.93. The fourth-order valence-corrected chi connectivity index (χ4v) is 1.01. The van der Waals surface area contributed by atoms with Crippen LogP contribution in [0.25, 0.3) is 0 Å². The third-order valence-corrected chi connectivity index (χ3v) is 2.03. The van der Waals surface area contributed by atoms with E-state index in [0.717, 1.165) is 12.8 Å². The molecule has 0 unspecified atom stereocenters. The molecule has 0 radical (unpaired) electrons. The van der Waals surface area contributed by atoms with E-state index in [-0.39, 0.29) is 5.78 Å². The molecular formula is C13H20O. The van der Waals surface area contributed by atoms with Crippen LogP contribution < -0.4 is 0 Å². The summed E-state index contributed by atoms with van der Waals surface area (Å²) in [5.74, 6) is 0.289. The fourth-order valence-electron chi connectivity index (χ4n) is 1.01. The van der Waals surface area contributed by atoms with Gasteiger partial charge in [0.25, 0.3) is 0 Å². The summed E-state index contributed by atoms with van der Waals surface area (Å²) in [5, 5.41) is 0. The first kappa shape index (κ1) is 12.9. The molecule has 14 heavy (non-hydrogen) atoms. The highest BCUT2D eigenvalue weighted by atomic mass is 16.1. The van der Waals surface area contributed by atoms with Crippen LogP contribution in [0.3, 0.4) is 0 Å². The molecule has 0 amide bonds. The second kappa shape index (κ2) is 7.31. The first-order chi connectivity index (χ1) is 6.57. The molecule has 78 valence electrons. The predicted molar refractivity (Wildman–Crippen MR) is 61.5 cm³/mol. The van der Waals surface area contributed by atoms with Crippen LogP contribution in [0.5, 0.6) is 0 Å². The van der Waals surface area contributed by atoms with Crippen molar-refractivity contribution >= 4 is 5.78 Å². The van der Waals surface area contributed by atoms with Crippen LogP contribution in [-0.2, 0) is 4.79 Å². The summed E-state index contributed by atoms with van der Waals surface area (Å²) in [6, 6.07) is 8.36. The lowest BCUT2D eigenvalue weighted by Crippen LogP contribution is -1.84. The van der Waals surface area contributed by atoms with Gasteiger partial charge in [0.05, 0.1) is 0 Å². The monoisotopic (exact) mass is 192 g/mol. The molecule has 1 aromatic carbocycles. The van der Waals surface area contributed by atoms with Crippen LogP contribution in [0.4, 0.5) is 0 Å². The topological polar surface area (TPSA) is 17.1 Å². The molecule has 1 rings (SSSR count). The minimum atomic E-state index is 0.289. The maximum absolute atomic E-state index is 10.0. The van der Waals surface area contributed by atoms with Crippen molar-refractivity contribution in [3.8, 4) is 0 Å². The Hall–Kier alpha value is -1.11. The van der Waals surface area contributed by atoms with Crippen LogP contribution in [-0.4, -0.2) is 5.78 Å². The smallest absolute Gasteiger partial charge is 0.129 e. The molecule has 0 atom stereocenters. The summed E-state index contributed by atoms with van der Waals surface area (Å²) >= 11 is 0. The van der Waals surface area contributed by atoms with Gasteiger partial charge >= 0.3 is 0 Å². The van der Waals surface area contributed by atoms with Crippen LogP contribution in [0.1, 0.15) is 37.8 Å². The van der Waals surface area contributed by atoms with Crippen molar-refractivity contribution in [2.75, 3.05) is 0 Å². The van der Waals surface area contributed by atoms with E-state index in [1.165, 1.54) is 11.1 Å². The Kier molecular flexibility index (Phi) is 6.73. The Morgan fingerprint density at radius 1 is 1.14 bits per heavy atom. The first-order valence-electron chi connectivity index (χ1n) is 5.09. The van der Waals surface area contributed by atoms with Gasteiger partial charge < -0.3 is 4.79 Å². The number of carbonyl (C=O) groups excluding carboxylic acids is 1. The second-order valence-electron chi connectivity index (χ2n) is 3.54. The van der Waals surface area contributed by atoms with E-state index in [2.05, 4.69) is 38.1 Å². The molecule has 0 bridgehead atoms. The van der Waals surface area contributed by atoms with Gasteiger partial charge in [-0.05, 0) is 38.3 Å². The minimum Gasteiger partial charge on any atom is -0.300 e. The van der Waals surface area contributed by atoms with Crippen molar-refractivity contribution in [3.05, 3.63) is 35.4 Å². The van der Waals surface area contributed by atoms with Gasteiger partial charge in [-0.25, -0.2) is 0 Å². The molecular weight excluding hydrogens is 172 g/mol. The Labute approximate surface area is 87.2 Å². The largest absolute Gasteiger partial charge is 0.300 e. The van der Waals surface area contributed by atoms with E-state index in [1.54, 1.807) is 6.92 Å². The van der Waals surface area contributed by atoms with Crippen molar-refractivity contribution in [3.63, 3.8) is 0 Å². The van der Waals surface area contributed by atoms with Gasteiger partial charge in [-0.1, -0.05) is 31.2 Å². The first-order valence-corrected chi connectivity index (χ1v) is 5.09. The predicted octanol–water partition coefficient (Wildman–Crippen LogP) is 3.68. The van der Waals surface area contributed by atoms with Gasteiger partial charge in [-0.15, -0.1) is 0 Å². The quantitative estimate of drug-likeness (QED) is 0.698. The standard InChI is InChI=1S/C8H10.C5H10O/c1-7-5-3-4-6-8(7)2;1-3-4-5(2)6/h3-6H,1-2H3;3-4H2,1-2H3. The summed E-state index contributed by atoms with van der Waals surface area (Å²) in [6.45, 7) is 7.86. The molecule has 0 heterocycles. The molecule has 1 nitrogen and oxygen atoms in total. The normalized spacial score (nSPS) is 8.86. The van der Waals surface area contributed by atoms with Crippen molar-refractivity contribution in [2.45, 2.75) is 40.5 Å². The molecule has 0 aliphatic rings. The number of aryl methyl sites for hydroxylation is 2. The molecule has 1 aromatic rings. The van der Waals surface area contributed by atoms with E-state index in [0.29, 0.717) is 0 Å². The van der Waals surface area contributed by atoms with Crippen LogP contribution in [0, 0.1) is 13.8 Å². The Balaban J connectivity index is 0.000000255. The SMILES string of the molecule is CCCC(C)=O.Cc1ccccc1C. The molecule has 0 N–H and O–H groups in total. The molecule has 0 fully saturated rings. The van der Waals surface area contributed by atoms with Gasteiger partial charge in [0.1, 0.15) is 5.78 Å². The van der Waals surface area contributed by atoms with Gasteiger partial charge in [-0.3, -0.25) is 0 Å². The zero-order chi connectivity index (χ0) is 11.0. The maximum Gasteiger partial charge on any atom is 0.129 e. The van der Waals surface area contributed by atoms with Crippen molar-refractivity contribution < 1.29 is 4.79 Å². The van der Waals surface area contributed by atoms with Crippen LogP contribution in [0.2, 0.25) is 0 Å². The molecule has 0 saturated heterocycles. The number of benzene rings is 1. The summed E-state index contributed by atoms with van der Waals surface area (Å²) < 4.78 is 0. The third-order valence-electron chi connectivity index (χ3n) is 2.03. The average Bonchev–Trinajstić information content (AvgIpc) is 2.11. The van der Waals surface area contributed by atoms with E-state index >= 15 is 0 Å². The molecule has 0 aromatic heterocycles. The van der Waals surface area contributed by atoms with Gasteiger partial charge in [-0.2, -0.15) is 0 Å². The molecule has 1 heteroatoms. The lowest BCUT2D eigenvalue weighted by atomic mass is 10.1. The number of rotatable bonds is 2. The summed E-state index contributed by atoms with van der Waals surface area (Å²) in [5.41, 5.74) is 2.74. The van der Waals surface area contributed by atoms with Crippen molar-refractivity contribution in [1.82, 2.24) is 0 Å². The van der Waals surface area contributed by atoms with E-state index in [9.17, 15) is 4.79 Å². The maximum atomic E-state index is 10.0. The van der Waals surface area contributed by atoms with Crippen LogP contribution in [0.15, 0.2) is 24.3 Å². The number of hydrogen-bond donors (Lipinski definition) is 0. The summed E-state index contributed by atoms with van der Waals surface area (Å²) in [6.07, 6.45) is 1.72. The van der Waals surface area contributed by atoms with Crippen molar-refractivity contribution in [2.24, 2.45) is 0 Å². The Bertz CT molecular complexity index is 255. The number of ketones is 1. The minimum absolute atomic E-state index is 0.289. The highest BCUT2D eigenvalue weighted by Gasteiger charge is 1.84. The zero-order valence-electron chi connectivity index (χ0n) is 9.63. The Morgan fingerprint density at radius 2 is 1.57 bits per heavy atom. The number of Topliss-reactive ketones (excluding diaryl/α,β-unsaturated/α-hetero) is 1. The second-order valence-corrected chi connectivity index (χ2v) is 3.54. The van der Waals surface area contributed by atoms with Gasteiger partial charge in [0.2, 0.25) is 0 Å². The lowest BCUT2D eigenvalue weighted by molar-refractivity contribution is -0.117. The van der Waals surface area contributed by atoms with Gasteiger partial charge in [0, 0.05) is 6.42 Å². The third kappa shape index (κ3) is 6.41. The summed E-state index contributed by atoms with van der Waals surface area (Å²) in [7, 11) is 0.